The average Bonchev–Trinajstić information content (AvgIpc) is 2.84. The summed E-state index contributed by atoms with van der Waals surface area (Å²) in [6.07, 6.45) is 2.52. The number of aromatic nitrogens is 1. The minimum absolute atomic E-state index is 0.0304. The molecule has 0 spiro atoms. The molecular weight excluding hydrogens is 465 g/mol. The van der Waals surface area contributed by atoms with Crippen molar-refractivity contribution >= 4 is 33.8 Å². The van der Waals surface area contributed by atoms with E-state index in [4.69, 9.17) is 26.4 Å². The van der Waals surface area contributed by atoms with Crippen LogP contribution in [0.4, 0.5) is 4.39 Å². The van der Waals surface area contributed by atoms with E-state index < -0.39 is 0 Å². The smallest absolute Gasteiger partial charge is 0.162 e. The van der Waals surface area contributed by atoms with Gasteiger partial charge in [-0.15, -0.1) is 0 Å². The fraction of sp³-hybridized carbons (Fsp3) is 0.179. The van der Waals surface area contributed by atoms with Gasteiger partial charge in [-0.25, -0.2) is 4.39 Å². The summed E-state index contributed by atoms with van der Waals surface area (Å²) in [4.78, 5) is 17.4. The van der Waals surface area contributed by atoms with Gasteiger partial charge >= 0.3 is 0 Å². The molecule has 0 amide bonds. The molecule has 1 heterocycles. The summed E-state index contributed by atoms with van der Waals surface area (Å²) in [5.41, 5.74) is 2.36. The van der Waals surface area contributed by atoms with E-state index in [1.807, 2.05) is 30.3 Å². The number of thiocarbonyl (C=S) groups is 1. The monoisotopic (exact) mass is 489 g/mol. The van der Waals surface area contributed by atoms with Crippen LogP contribution in [0.2, 0.25) is 0 Å². The van der Waals surface area contributed by atoms with Gasteiger partial charge < -0.3 is 14.2 Å². The van der Waals surface area contributed by atoms with Crippen LogP contribution in [0.3, 0.4) is 0 Å². The molecule has 0 unspecified atom stereocenters. The van der Waals surface area contributed by atoms with Crippen LogP contribution in [0, 0.1) is 5.82 Å². The third-order valence-electron chi connectivity index (χ3n) is 5.44. The van der Waals surface area contributed by atoms with Gasteiger partial charge in [-0.1, -0.05) is 36.5 Å². The summed E-state index contributed by atoms with van der Waals surface area (Å²) in [5.74, 6) is 2.11. The first kappa shape index (κ1) is 24.3. The lowest BCUT2D eigenvalue weighted by molar-refractivity contribution is -0.117. The van der Waals surface area contributed by atoms with Gasteiger partial charge in [0.2, 0.25) is 0 Å². The number of halogens is 1. The fourth-order valence-corrected chi connectivity index (χ4v) is 4.11. The highest BCUT2D eigenvalue weighted by Crippen LogP contribution is 2.36. The number of carbonyl (C=O) groups is 1. The number of hydrogen-bond acceptors (Lipinski definition) is 6. The van der Waals surface area contributed by atoms with E-state index in [1.165, 1.54) is 12.1 Å². The van der Waals surface area contributed by atoms with E-state index in [1.54, 1.807) is 44.7 Å². The Balaban J connectivity index is 1.40. The van der Waals surface area contributed by atoms with Crippen LogP contribution < -0.4 is 14.2 Å². The maximum atomic E-state index is 13.3. The molecule has 0 fully saturated rings. The first-order chi connectivity index (χ1) is 16.9. The van der Waals surface area contributed by atoms with E-state index in [2.05, 4.69) is 4.98 Å². The number of Topliss-reactive ketones (excluding diaryl/α,β-unsaturated/α-hetero) is 1. The molecule has 4 rings (SSSR count). The molecule has 0 saturated heterocycles. The van der Waals surface area contributed by atoms with Crippen LogP contribution in [-0.2, 0) is 17.6 Å². The molecule has 0 radical (unpaired) electrons. The second-order valence-corrected chi connectivity index (χ2v) is 8.59. The van der Waals surface area contributed by atoms with Crippen LogP contribution >= 0.6 is 12.2 Å². The number of fused-ring (bicyclic) bond motifs is 1. The van der Waals surface area contributed by atoms with Crippen molar-refractivity contribution in [1.29, 1.82) is 0 Å². The number of ketones is 1. The van der Waals surface area contributed by atoms with Crippen LogP contribution in [0.25, 0.3) is 10.9 Å². The normalized spacial score (nSPS) is 10.7. The Hall–Kier alpha value is -3.84. The summed E-state index contributed by atoms with van der Waals surface area (Å²) in [7, 11) is 3.16. The molecule has 178 valence electrons. The zero-order valence-corrected chi connectivity index (χ0v) is 20.2. The minimum Gasteiger partial charge on any atom is -0.493 e. The van der Waals surface area contributed by atoms with E-state index in [9.17, 15) is 9.18 Å². The van der Waals surface area contributed by atoms with Gasteiger partial charge in [0, 0.05) is 41.8 Å². The van der Waals surface area contributed by atoms with Crippen molar-refractivity contribution in [1.82, 2.24) is 4.98 Å². The molecule has 0 bridgehead atoms. The molecule has 0 aliphatic carbocycles. The van der Waals surface area contributed by atoms with Crippen molar-refractivity contribution in [3.05, 3.63) is 89.9 Å². The lowest BCUT2D eigenvalue weighted by atomic mass is 10.0. The molecular formula is C28H24FNO4S. The topological polar surface area (TPSA) is 57.7 Å². The van der Waals surface area contributed by atoms with Gasteiger partial charge in [0.05, 0.1) is 19.7 Å². The second kappa shape index (κ2) is 11.1. The predicted octanol–water partition coefficient (Wildman–Crippen LogP) is 6.30. The summed E-state index contributed by atoms with van der Waals surface area (Å²) in [6.45, 7) is 0. The quantitative estimate of drug-likeness (QED) is 0.244. The number of carbonyl (C=O) groups excluding carboxylic acids is 1. The number of nitrogens with zero attached hydrogens (tertiary/aromatic N) is 1. The largest absolute Gasteiger partial charge is 0.493 e. The van der Waals surface area contributed by atoms with Gasteiger partial charge in [0.15, 0.2) is 11.5 Å². The van der Waals surface area contributed by atoms with E-state index >= 15 is 0 Å². The first-order valence-corrected chi connectivity index (χ1v) is 11.4. The number of rotatable bonds is 10. The lowest BCUT2D eigenvalue weighted by Crippen LogP contribution is -2.11. The molecule has 35 heavy (non-hydrogen) atoms. The summed E-state index contributed by atoms with van der Waals surface area (Å²) >= 11 is 5.43. The van der Waals surface area contributed by atoms with E-state index in [0.717, 1.165) is 16.5 Å². The highest BCUT2D eigenvalue weighted by atomic mass is 32.1. The zero-order valence-electron chi connectivity index (χ0n) is 19.4. The third-order valence-corrected chi connectivity index (χ3v) is 5.73. The van der Waals surface area contributed by atoms with Crippen molar-refractivity contribution in [2.75, 3.05) is 14.2 Å². The Kier molecular flexibility index (Phi) is 7.67. The summed E-state index contributed by atoms with van der Waals surface area (Å²) < 4.78 is 30.2. The lowest BCUT2D eigenvalue weighted by Gasteiger charge is -2.12. The first-order valence-electron chi connectivity index (χ1n) is 11.0. The third kappa shape index (κ3) is 6.19. The Bertz CT molecular complexity index is 1370. The Morgan fingerprint density at radius 3 is 2.34 bits per heavy atom. The van der Waals surface area contributed by atoms with E-state index in [0.29, 0.717) is 39.8 Å². The Morgan fingerprint density at radius 2 is 1.63 bits per heavy atom. The van der Waals surface area contributed by atoms with Crippen molar-refractivity contribution < 1.29 is 23.4 Å². The average molecular weight is 490 g/mol. The van der Waals surface area contributed by atoms with Crippen molar-refractivity contribution in [2.24, 2.45) is 0 Å². The molecule has 0 N–H and O–H groups in total. The van der Waals surface area contributed by atoms with Gasteiger partial charge in [-0.05, 0) is 47.5 Å². The molecule has 0 saturated carbocycles. The van der Waals surface area contributed by atoms with Crippen molar-refractivity contribution in [3.63, 3.8) is 0 Å². The maximum Gasteiger partial charge on any atom is 0.162 e. The van der Waals surface area contributed by atoms with Crippen molar-refractivity contribution in [3.8, 4) is 23.0 Å². The molecule has 3 aromatic carbocycles. The summed E-state index contributed by atoms with van der Waals surface area (Å²) in [5, 5.41) is 0.798. The highest BCUT2D eigenvalue weighted by Gasteiger charge is 2.12. The zero-order chi connectivity index (χ0) is 24.8. The molecule has 0 atom stereocenters. The maximum absolute atomic E-state index is 13.3. The van der Waals surface area contributed by atoms with Gasteiger partial charge in [-0.2, -0.15) is 0 Å². The summed E-state index contributed by atoms with van der Waals surface area (Å²) in [6, 6.07) is 19.1. The molecule has 0 aliphatic heterocycles. The van der Waals surface area contributed by atoms with Crippen LogP contribution in [0.1, 0.15) is 17.5 Å². The molecule has 5 nitrogen and oxygen atoms in total. The Morgan fingerprint density at radius 1 is 0.886 bits per heavy atom. The van der Waals surface area contributed by atoms with E-state index in [-0.39, 0.29) is 24.4 Å². The molecule has 4 aromatic rings. The number of ether oxygens (including phenoxy) is 3. The van der Waals surface area contributed by atoms with Crippen LogP contribution in [-0.4, -0.2) is 29.9 Å². The van der Waals surface area contributed by atoms with Crippen LogP contribution in [0.15, 0.2) is 72.9 Å². The highest BCUT2D eigenvalue weighted by molar-refractivity contribution is 7.80. The predicted molar refractivity (Wildman–Crippen MR) is 137 cm³/mol. The van der Waals surface area contributed by atoms with Gasteiger partial charge in [0.1, 0.15) is 23.1 Å². The standard InChI is InChI=1S/C28H24FNO4S/c1-32-27-16-24-25(17-28(27)33-2)30-11-10-26(24)34-22-8-6-18(7-9-22)14-23(35)15-21(31)13-19-4-3-5-20(29)12-19/h3-12,16-17H,13-15H2,1-2H3. The van der Waals surface area contributed by atoms with Crippen LogP contribution in [0.5, 0.6) is 23.0 Å². The fourth-order valence-electron chi connectivity index (χ4n) is 3.79. The van der Waals surface area contributed by atoms with Crippen molar-refractivity contribution in [2.45, 2.75) is 19.3 Å². The number of pyridine rings is 1. The number of methoxy groups -OCH3 is 2. The van der Waals surface area contributed by atoms with Gasteiger partial charge in [-0.3, -0.25) is 9.78 Å². The number of hydrogen-bond donors (Lipinski definition) is 0. The van der Waals surface area contributed by atoms with Gasteiger partial charge in [0.25, 0.3) is 0 Å². The SMILES string of the molecule is COc1cc2nccc(Oc3ccc(CC(=S)CC(=O)Cc4cccc(F)c4)cc3)c2cc1OC. The molecule has 7 heteroatoms. The minimum atomic E-state index is -0.348. The second-order valence-electron chi connectivity index (χ2n) is 8.02. The molecule has 0 aliphatic rings. The Labute approximate surface area is 208 Å². The number of benzene rings is 3. The molecule has 1 aromatic heterocycles.